The standard InChI is InChI=1S/C29H37FN4O/c30-24-10-8-22(9-11-24)18-34-20-23(19-33-14-4-5-15-33)26-17-25(12-13-28(26)34)32-29(35)27(31)16-21-6-2-1-3-7-21/h8-13,17,20-21,27H,1-7,14-16,18-19,31H2,(H,32,35). The van der Waals surface area contributed by atoms with Gasteiger partial charge < -0.3 is 15.6 Å². The highest BCUT2D eigenvalue weighted by Crippen LogP contribution is 2.29. The molecule has 0 bridgehead atoms. The number of rotatable bonds is 8. The van der Waals surface area contributed by atoms with Crippen molar-refractivity contribution in [3.05, 3.63) is 65.6 Å². The van der Waals surface area contributed by atoms with Crippen LogP contribution in [0.15, 0.2) is 48.7 Å². The predicted molar refractivity (Wildman–Crippen MR) is 140 cm³/mol. The molecule has 1 saturated heterocycles. The summed E-state index contributed by atoms with van der Waals surface area (Å²) in [4.78, 5) is 15.4. The first kappa shape index (κ1) is 24.0. The van der Waals surface area contributed by atoms with Gasteiger partial charge in [0.1, 0.15) is 5.82 Å². The zero-order chi connectivity index (χ0) is 24.2. The summed E-state index contributed by atoms with van der Waals surface area (Å²) >= 11 is 0. The molecule has 0 radical (unpaired) electrons. The Hall–Kier alpha value is -2.70. The molecule has 3 N–H and O–H groups in total. The highest BCUT2D eigenvalue weighted by molar-refractivity contribution is 5.97. The van der Waals surface area contributed by atoms with Crippen LogP contribution in [0.1, 0.15) is 62.5 Å². The molecule has 1 unspecified atom stereocenters. The summed E-state index contributed by atoms with van der Waals surface area (Å²) in [7, 11) is 0. The van der Waals surface area contributed by atoms with E-state index in [4.69, 9.17) is 5.73 Å². The van der Waals surface area contributed by atoms with E-state index in [1.54, 1.807) is 0 Å². The maximum atomic E-state index is 13.4. The van der Waals surface area contributed by atoms with Gasteiger partial charge in [-0.25, -0.2) is 4.39 Å². The van der Waals surface area contributed by atoms with E-state index >= 15 is 0 Å². The van der Waals surface area contributed by atoms with E-state index < -0.39 is 6.04 Å². The van der Waals surface area contributed by atoms with Gasteiger partial charge >= 0.3 is 0 Å². The summed E-state index contributed by atoms with van der Waals surface area (Å²) in [6.07, 6.45) is 11.7. The van der Waals surface area contributed by atoms with Crippen molar-refractivity contribution in [2.45, 2.75) is 70.5 Å². The summed E-state index contributed by atoms with van der Waals surface area (Å²) in [5.41, 5.74) is 10.5. The van der Waals surface area contributed by atoms with Crippen LogP contribution in [0.3, 0.4) is 0 Å². The van der Waals surface area contributed by atoms with Crippen LogP contribution in [0.4, 0.5) is 10.1 Å². The van der Waals surface area contributed by atoms with Crippen molar-refractivity contribution in [2.75, 3.05) is 18.4 Å². The number of nitrogens with zero attached hydrogens (tertiary/aromatic N) is 2. The Labute approximate surface area is 207 Å². The molecule has 6 heteroatoms. The molecule has 1 aliphatic heterocycles. The van der Waals surface area contributed by atoms with Crippen LogP contribution in [-0.4, -0.2) is 34.5 Å². The number of halogens is 1. The zero-order valence-electron chi connectivity index (χ0n) is 20.5. The smallest absolute Gasteiger partial charge is 0.241 e. The number of hydrogen-bond donors (Lipinski definition) is 2. The molecule has 1 atom stereocenters. The lowest BCUT2D eigenvalue weighted by atomic mass is 9.85. The van der Waals surface area contributed by atoms with E-state index in [1.165, 1.54) is 62.6 Å². The Bertz CT molecular complexity index is 1140. The van der Waals surface area contributed by atoms with Gasteiger partial charge in [0, 0.05) is 35.9 Å². The highest BCUT2D eigenvalue weighted by Gasteiger charge is 2.22. The van der Waals surface area contributed by atoms with Crippen molar-refractivity contribution in [1.82, 2.24) is 9.47 Å². The Kier molecular flexibility index (Phi) is 7.49. The molecule has 5 rings (SSSR count). The molecule has 0 spiro atoms. The minimum Gasteiger partial charge on any atom is -0.343 e. The van der Waals surface area contributed by atoms with Crippen LogP contribution in [0, 0.1) is 11.7 Å². The average molecular weight is 477 g/mol. The number of nitrogens with two attached hydrogens (primary N) is 1. The van der Waals surface area contributed by atoms with Crippen molar-refractivity contribution < 1.29 is 9.18 Å². The Balaban J connectivity index is 1.36. The number of carbonyl (C=O) groups excluding carboxylic acids is 1. The van der Waals surface area contributed by atoms with Gasteiger partial charge in [-0.05, 0) is 79.7 Å². The number of aromatic nitrogens is 1. The molecule has 186 valence electrons. The van der Waals surface area contributed by atoms with Crippen LogP contribution < -0.4 is 11.1 Å². The third kappa shape index (κ3) is 5.93. The molecular formula is C29H37FN4O. The van der Waals surface area contributed by atoms with Crippen molar-refractivity contribution >= 4 is 22.5 Å². The normalized spacial score (nSPS) is 18.2. The molecule has 2 heterocycles. The Morgan fingerprint density at radius 2 is 1.74 bits per heavy atom. The molecule has 5 nitrogen and oxygen atoms in total. The van der Waals surface area contributed by atoms with E-state index in [-0.39, 0.29) is 11.7 Å². The van der Waals surface area contributed by atoms with Gasteiger partial charge in [0.15, 0.2) is 0 Å². The van der Waals surface area contributed by atoms with Crippen molar-refractivity contribution in [3.63, 3.8) is 0 Å². The van der Waals surface area contributed by atoms with Crippen LogP contribution in [0.25, 0.3) is 10.9 Å². The number of amides is 1. The minimum atomic E-state index is -0.471. The van der Waals surface area contributed by atoms with E-state index in [0.717, 1.165) is 48.2 Å². The maximum Gasteiger partial charge on any atom is 0.241 e. The molecule has 2 fully saturated rings. The summed E-state index contributed by atoms with van der Waals surface area (Å²) in [5.74, 6) is 0.254. The quantitative estimate of drug-likeness (QED) is 0.441. The molecule has 1 saturated carbocycles. The van der Waals surface area contributed by atoms with Crippen molar-refractivity contribution in [2.24, 2.45) is 11.7 Å². The van der Waals surface area contributed by atoms with Crippen LogP contribution in [-0.2, 0) is 17.9 Å². The maximum absolute atomic E-state index is 13.4. The molecular weight excluding hydrogens is 439 g/mol. The van der Waals surface area contributed by atoms with Crippen molar-refractivity contribution in [1.29, 1.82) is 0 Å². The first-order valence-corrected chi connectivity index (χ1v) is 13.2. The lowest BCUT2D eigenvalue weighted by Crippen LogP contribution is -2.37. The molecule has 2 aliphatic rings. The fourth-order valence-electron chi connectivity index (χ4n) is 5.80. The van der Waals surface area contributed by atoms with Gasteiger partial charge in [0.25, 0.3) is 0 Å². The topological polar surface area (TPSA) is 63.3 Å². The monoisotopic (exact) mass is 476 g/mol. The van der Waals surface area contributed by atoms with E-state index in [2.05, 4.69) is 33.1 Å². The summed E-state index contributed by atoms with van der Waals surface area (Å²) in [5, 5.41) is 4.23. The first-order chi connectivity index (χ1) is 17.0. The van der Waals surface area contributed by atoms with E-state index in [0.29, 0.717) is 12.5 Å². The van der Waals surface area contributed by atoms with Gasteiger partial charge in [0.05, 0.1) is 6.04 Å². The number of benzene rings is 2. The molecule has 1 aromatic heterocycles. The van der Waals surface area contributed by atoms with Gasteiger partial charge in [-0.1, -0.05) is 44.2 Å². The van der Waals surface area contributed by atoms with E-state index in [9.17, 15) is 9.18 Å². The SMILES string of the molecule is NC(CC1CCCCC1)C(=O)Nc1ccc2c(c1)c(CN1CCCC1)cn2Cc1ccc(F)cc1. The Morgan fingerprint density at radius 3 is 2.49 bits per heavy atom. The molecule has 1 aliphatic carbocycles. The largest absolute Gasteiger partial charge is 0.343 e. The van der Waals surface area contributed by atoms with Gasteiger partial charge in [-0.3, -0.25) is 9.69 Å². The fourth-order valence-corrected chi connectivity index (χ4v) is 5.80. The summed E-state index contributed by atoms with van der Waals surface area (Å²) < 4.78 is 15.6. The number of anilines is 1. The molecule has 2 aromatic carbocycles. The zero-order valence-corrected chi connectivity index (χ0v) is 20.5. The van der Waals surface area contributed by atoms with Crippen LogP contribution in [0.2, 0.25) is 0 Å². The second-order valence-electron chi connectivity index (χ2n) is 10.5. The fraction of sp³-hybridized carbons (Fsp3) is 0.483. The molecule has 1 amide bonds. The Morgan fingerprint density at radius 1 is 1.00 bits per heavy atom. The average Bonchev–Trinajstić information content (AvgIpc) is 3.49. The van der Waals surface area contributed by atoms with Gasteiger partial charge in [-0.15, -0.1) is 0 Å². The first-order valence-electron chi connectivity index (χ1n) is 13.2. The summed E-state index contributed by atoms with van der Waals surface area (Å²) in [6, 6.07) is 12.4. The van der Waals surface area contributed by atoms with Gasteiger partial charge in [0.2, 0.25) is 5.91 Å². The second-order valence-corrected chi connectivity index (χ2v) is 10.5. The van der Waals surface area contributed by atoms with E-state index in [1.807, 2.05) is 18.2 Å². The predicted octanol–water partition coefficient (Wildman–Crippen LogP) is 5.66. The molecule has 35 heavy (non-hydrogen) atoms. The number of hydrogen-bond acceptors (Lipinski definition) is 3. The minimum absolute atomic E-state index is 0.0956. The second kappa shape index (κ2) is 10.9. The lowest BCUT2D eigenvalue weighted by Gasteiger charge is -2.24. The third-order valence-corrected chi connectivity index (χ3v) is 7.74. The molecule has 3 aromatic rings. The lowest BCUT2D eigenvalue weighted by molar-refractivity contribution is -0.117. The summed E-state index contributed by atoms with van der Waals surface area (Å²) in [6.45, 7) is 3.81. The van der Waals surface area contributed by atoms with Gasteiger partial charge in [-0.2, -0.15) is 0 Å². The number of carbonyl (C=O) groups is 1. The third-order valence-electron chi connectivity index (χ3n) is 7.74. The number of fused-ring (bicyclic) bond motifs is 1. The number of likely N-dealkylation sites (tertiary alicyclic amines) is 1. The van der Waals surface area contributed by atoms with Crippen LogP contribution >= 0.6 is 0 Å². The van der Waals surface area contributed by atoms with Crippen LogP contribution in [0.5, 0.6) is 0 Å². The highest BCUT2D eigenvalue weighted by atomic mass is 19.1. The number of nitrogens with one attached hydrogen (secondary N) is 1. The van der Waals surface area contributed by atoms with Crippen molar-refractivity contribution in [3.8, 4) is 0 Å².